The molecule has 0 radical (unpaired) electrons. The van der Waals surface area contributed by atoms with Crippen LogP contribution in [0.5, 0.6) is 11.5 Å². The van der Waals surface area contributed by atoms with Crippen LogP contribution in [0, 0.1) is 11.7 Å². The van der Waals surface area contributed by atoms with Crippen LogP contribution in [0.2, 0.25) is 0 Å². The lowest BCUT2D eigenvalue weighted by Gasteiger charge is -2.30. The highest BCUT2D eigenvalue weighted by atomic mass is 16.5. The normalized spacial score (nSPS) is 14.3. The molecule has 362 valence electrons. The molecule has 0 aliphatic heterocycles. The van der Waals surface area contributed by atoms with Gasteiger partial charge in [-0.05, 0) is 109 Å². The zero-order valence-corrected chi connectivity index (χ0v) is 43.4. The number of hydrogen-bond acceptors (Lipinski definition) is 2. The second-order valence-corrected chi connectivity index (χ2v) is 22.2. The van der Waals surface area contributed by atoms with E-state index in [0.29, 0.717) is 28.6 Å². The quantitative estimate of drug-likeness (QED) is 0.107. The van der Waals surface area contributed by atoms with E-state index >= 15 is 0 Å². The molecule has 5 nitrogen and oxygen atoms in total. The Kier molecular flexibility index (Phi) is 10.1. The molecule has 11 aromatic rings. The maximum atomic E-state index is 9.87. The van der Waals surface area contributed by atoms with Gasteiger partial charge in [0, 0.05) is 30.0 Å². The van der Waals surface area contributed by atoms with Crippen molar-refractivity contribution < 1.29 is 17.5 Å². The predicted octanol–water partition coefficient (Wildman–Crippen LogP) is 17.7. The van der Waals surface area contributed by atoms with Crippen LogP contribution in [0.25, 0.3) is 83.4 Å². The number of nitrogens with zero attached hydrogens (tertiary/aromatic N) is 4. The number of ether oxygens (including phenoxy) is 1. The summed E-state index contributed by atoms with van der Waals surface area (Å²) in [5.74, 6) is 0.948. The summed E-state index contributed by atoms with van der Waals surface area (Å²) >= 11 is 0. The van der Waals surface area contributed by atoms with E-state index < -0.39 is 29.4 Å². The van der Waals surface area contributed by atoms with E-state index in [-0.39, 0.29) is 28.5 Å². The predicted molar refractivity (Wildman–Crippen MR) is 304 cm³/mol. The SMILES string of the molecule is [2H]c1c([2H])c([2H])c(-c2cccc(-c3cc(C(C)(C)C)cc(C(C)(C)C)c3)c2-[n+]2[c-]n(-c3cccc(Oc4ccc5c6ccccc6n(-c6cc(C([2H])(C)C(C)(C)C)c(-c7ccccc7)cn6)c5c4)c3)c3ccccc32)c([2H])c1[2H]. The third-order valence-electron chi connectivity index (χ3n) is 14.3. The summed E-state index contributed by atoms with van der Waals surface area (Å²) in [4.78, 5) is 5.14. The highest BCUT2D eigenvalue weighted by Crippen LogP contribution is 2.43. The highest BCUT2D eigenvalue weighted by molar-refractivity contribution is 6.09. The summed E-state index contributed by atoms with van der Waals surface area (Å²) in [6.07, 6.45) is 5.62. The van der Waals surface area contributed by atoms with Gasteiger partial charge in [0.15, 0.2) is 0 Å². The van der Waals surface area contributed by atoms with Gasteiger partial charge in [-0.25, -0.2) is 4.98 Å². The third-order valence-corrected chi connectivity index (χ3v) is 14.3. The Morgan fingerprint density at radius 2 is 1.19 bits per heavy atom. The van der Waals surface area contributed by atoms with Gasteiger partial charge in [0.2, 0.25) is 0 Å². The van der Waals surface area contributed by atoms with Gasteiger partial charge in [-0.1, -0.05) is 215 Å². The number of pyridine rings is 1. The minimum absolute atomic E-state index is 0.107. The van der Waals surface area contributed by atoms with Gasteiger partial charge in [0.25, 0.3) is 6.33 Å². The molecule has 1 atom stereocenters. The van der Waals surface area contributed by atoms with E-state index in [4.69, 9.17) is 13.8 Å². The number of para-hydroxylation sites is 4. The van der Waals surface area contributed by atoms with Crippen LogP contribution in [0.4, 0.5) is 0 Å². The summed E-state index contributed by atoms with van der Waals surface area (Å²) in [5.41, 5.74) is 11.6. The van der Waals surface area contributed by atoms with E-state index in [1.54, 1.807) is 0 Å². The molecule has 11 rings (SSSR count). The van der Waals surface area contributed by atoms with Gasteiger partial charge in [0.1, 0.15) is 17.3 Å². The fourth-order valence-corrected chi connectivity index (χ4v) is 9.88. The van der Waals surface area contributed by atoms with Crippen molar-refractivity contribution in [3.63, 3.8) is 0 Å². The highest BCUT2D eigenvalue weighted by Gasteiger charge is 2.28. The zero-order chi connectivity index (χ0) is 56.1. The van der Waals surface area contributed by atoms with Crippen molar-refractivity contribution in [2.45, 2.75) is 86.0 Å². The van der Waals surface area contributed by atoms with E-state index in [2.05, 4.69) is 134 Å². The molecule has 5 heteroatoms. The first-order chi connectivity index (χ1) is 37.4. The van der Waals surface area contributed by atoms with Gasteiger partial charge >= 0.3 is 0 Å². The van der Waals surface area contributed by atoms with Crippen molar-refractivity contribution in [3.8, 4) is 62.1 Å². The van der Waals surface area contributed by atoms with Crippen molar-refractivity contribution in [1.29, 1.82) is 0 Å². The molecule has 0 spiro atoms. The standard InChI is InChI=1S/C68H64N4O/c1-45(66(2,3)4)58-42-64(69-43-59(58)47-25-15-12-16-26-47)72-60-32-18-17-29-56(60)57-36-35-53(41-63(57)72)73-52-28-21-27-51(40-52)70-44-71(62-34-20-19-33-61(62)70)65-54(46-23-13-11-14-24-46)30-22-31-55(65)48-37-49(67(5,6)7)39-50(38-48)68(8,9)10/h11-43,45H,1-10H3/i11D,13D,14D,23D,24D,45D. The molecule has 0 N–H and O–H groups in total. The monoisotopic (exact) mass is 959 g/mol. The molecule has 0 aliphatic carbocycles. The molecule has 0 saturated carbocycles. The van der Waals surface area contributed by atoms with E-state index in [9.17, 15) is 4.11 Å². The van der Waals surface area contributed by atoms with Crippen molar-refractivity contribution in [3.05, 3.63) is 223 Å². The molecular weight excluding hydrogens is 889 g/mol. The molecule has 0 amide bonds. The van der Waals surface area contributed by atoms with Crippen molar-refractivity contribution in [2.24, 2.45) is 5.41 Å². The largest absolute Gasteiger partial charge is 0.458 e. The average Bonchev–Trinajstić information content (AvgIpc) is 4.09. The Bertz CT molecular complexity index is 4150. The van der Waals surface area contributed by atoms with Crippen LogP contribution in [0.15, 0.2) is 200 Å². The smallest absolute Gasteiger partial charge is 0.269 e. The summed E-state index contributed by atoms with van der Waals surface area (Å²) < 4.78 is 67.4. The van der Waals surface area contributed by atoms with Gasteiger partial charge in [-0.2, -0.15) is 0 Å². The molecule has 1 unspecified atom stereocenters. The number of rotatable bonds is 9. The Balaban J connectivity index is 1.06. The van der Waals surface area contributed by atoms with E-state index in [1.165, 1.54) is 0 Å². The lowest BCUT2D eigenvalue weighted by atomic mass is 9.76. The van der Waals surface area contributed by atoms with Gasteiger partial charge in [-0.3, -0.25) is 13.7 Å². The Morgan fingerprint density at radius 3 is 1.90 bits per heavy atom. The van der Waals surface area contributed by atoms with Crippen LogP contribution in [0.1, 0.15) is 100 Å². The fraction of sp³-hybridized carbons (Fsp3) is 0.206. The fourth-order valence-electron chi connectivity index (χ4n) is 9.88. The van der Waals surface area contributed by atoms with Crippen LogP contribution >= 0.6 is 0 Å². The second kappa shape index (κ2) is 18.2. The van der Waals surface area contributed by atoms with E-state index in [0.717, 1.165) is 77.5 Å². The summed E-state index contributed by atoms with van der Waals surface area (Å²) in [7, 11) is 0. The number of hydrogen-bond donors (Lipinski definition) is 0. The van der Waals surface area contributed by atoms with Crippen LogP contribution < -0.4 is 9.30 Å². The van der Waals surface area contributed by atoms with E-state index in [1.807, 2.05) is 125 Å². The number of aromatic nitrogens is 4. The maximum Gasteiger partial charge on any atom is 0.269 e. The molecule has 3 heterocycles. The number of fused-ring (bicyclic) bond motifs is 4. The van der Waals surface area contributed by atoms with Crippen molar-refractivity contribution >= 4 is 32.8 Å². The number of benzene rings is 8. The van der Waals surface area contributed by atoms with Crippen LogP contribution in [0.3, 0.4) is 0 Å². The molecule has 0 fully saturated rings. The first kappa shape index (κ1) is 40.6. The molecule has 73 heavy (non-hydrogen) atoms. The average molecular weight is 959 g/mol. The summed E-state index contributed by atoms with van der Waals surface area (Å²) in [5, 5.41) is 2.11. The Hall–Kier alpha value is -8.02. The first-order valence-corrected chi connectivity index (χ1v) is 25.1. The van der Waals surface area contributed by atoms with Crippen LogP contribution in [-0.2, 0) is 10.8 Å². The van der Waals surface area contributed by atoms with Crippen molar-refractivity contribution in [2.75, 3.05) is 0 Å². The minimum atomic E-state index is -0.972. The maximum absolute atomic E-state index is 9.87. The Morgan fingerprint density at radius 1 is 0.562 bits per heavy atom. The summed E-state index contributed by atoms with van der Waals surface area (Å²) in [6.45, 7) is 21.6. The van der Waals surface area contributed by atoms with Gasteiger partial charge in [-0.15, -0.1) is 0 Å². The minimum Gasteiger partial charge on any atom is -0.458 e. The topological polar surface area (TPSA) is 35.9 Å². The second-order valence-electron chi connectivity index (χ2n) is 22.2. The lowest BCUT2D eigenvalue weighted by molar-refractivity contribution is -0.571. The molecule has 0 saturated heterocycles. The molecule has 3 aromatic heterocycles. The van der Waals surface area contributed by atoms with Crippen LogP contribution in [-0.4, -0.2) is 14.1 Å². The number of imidazole rings is 1. The van der Waals surface area contributed by atoms with Gasteiger partial charge < -0.3 is 4.74 Å². The lowest BCUT2D eigenvalue weighted by Crippen LogP contribution is -2.31. The Labute approximate surface area is 439 Å². The zero-order valence-electron chi connectivity index (χ0n) is 49.4. The van der Waals surface area contributed by atoms with Gasteiger partial charge in [0.05, 0.1) is 40.3 Å². The molecule has 0 bridgehead atoms. The molecular formula is C68H64N4O. The summed E-state index contributed by atoms with van der Waals surface area (Å²) in [6, 6.07) is 53.3. The van der Waals surface area contributed by atoms with Crippen molar-refractivity contribution in [1.82, 2.24) is 14.1 Å². The molecule has 0 aliphatic rings. The first-order valence-electron chi connectivity index (χ1n) is 28.1. The third kappa shape index (κ3) is 8.92. The molecule has 8 aromatic carbocycles.